The molecule has 1 aromatic rings. The Morgan fingerprint density at radius 2 is 2.52 bits per heavy atom. The Hall–Kier alpha value is -0.910. The Balaban J connectivity index is 1.76. The van der Waals surface area contributed by atoms with Crippen molar-refractivity contribution in [1.82, 2.24) is 4.90 Å². The summed E-state index contributed by atoms with van der Waals surface area (Å²) in [6, 6.07) is 3.84. The van der Waals surface area contributed by atoms with Gasteiger partial charge in [-0.3, -0.25) is 4.79 Å². The number of nitrogens with zero attached hydrogens (tertiary/aromatic N) is 1. The largest absolute Gasteiger partial charge is 0.381 e. The summed E-state index contributed by atoms with van der Waals surface area (Å²) in [5.74, 6) is 0.157. The fourth-order valence-electron chi connectivity index (χ4n) is 3.54. The summed E-state index contributed by atoms with van der Waals surface area (Å²) in [6.45, 7) is 5.82. The zero-order valence-electron chi connectivity index (χ0n) is 12.5. The predicted molar refractivity (Wildman–Crippen MR) is 82.7 cm³/mol. The number of ether oxygens (including phenoxy) is 2. The molecule has 3 rings (SSSR count). The molecule has 0 saturated carbocycles. The van der Waals surface area contributed by atoms with Gasteiger partial charge in [0.15, 0.2) is 0 Å². The average Bonchev–Trinajstić information content (AvgIpc) is 3.06. The summed E-state index contributed by atoms with van der Waals surface area (Å²) in [4.78, 5) is 15.4. The van der Waals surface area contributed by atoms with Crippen molar-refractivity contribution < 1.29 is 14.3 Å². The van der Waals surface area contributed by atoms with Crippen LogP contribution < -0.4 is 0 Å². The van der Waals surface area contributed by atoms with E-state index < -0.39 is 0 Å². The van der Waals surface area contributed by atoms with Gasteiger partial charge in [-0.1, -0.05) is 6.07 Å². The van der Waals surface area contributed by atoms with Crippen LogP contribution in [0.25, 0.3) is 0 Å². The molecule has 2 atom stereocenters. The van der Waals surface area contributed by atoms with E-state index in [4.69, 9.17) is 9.47 Å². The third kappa shape index (κ3) is 3.00. The maximum Gasteiger partial charge on any atom is 0.263 e. The Morgan fingerprint density at radius 1 is 1.62 bits per heavy atom. The van der Waals surface area contributed by atoms with Crippen molar-refractivity contribution in [3.05, 3.63) is 22.4 Å². The van der Waals surface area contributed by atoms with E-state index in [1.54, 1.807) is 0 Å². The molecule has 0 N–H and O–H groups in total. The lowest BCUT2D eigenvalue weighted by atomic mass is 9.73. The summed E-state index contributed by atoms with van der Waals surface area (Å²) in [7, 11) is 0. The van der Waals surface area contributed by atoms with Crippen LogP contribution in [0.2, 0.25) is 0 Å². The van der Waals surface area contributed by atoms with Gasteiger partial charge in [0.05, 0.1) is 17.6 Å². The molecule has 1 aromatic heterocycles. The average molecular weight is 309 g/mol. The number of hydrogen-bond acceptors (Lipinski definition) is 4. The van der Waals surface area contributed by atoms with Crippen LogP contribution in [0, 0.1) is 5.41 Å². The molecule has 0 spiro atoms. The minimum atomic E-state index is -0.0145. The lowest BCUT2D eigenvalue weighted by Gasteiger charge is -2.50. The molecule has 4 nitrogen and oxygen atoms in total. The highest BCUT2D eigenvalue weighted by molar-refractivity contribution is 7.12. The van der Waals surface area contributed by atoms with Gasteiger partial charge in [0.2, 0.25) is 0 Å². The zero-order valence-corrected chi connectivity index (χ0v) is 13.4. The van der Waals surface area contributed by atoms with Crippen molar-refractivity contribution in [3.8, 4) is 0 Å². The molecule has 2 saturated heterocycles. The molecule has 2 fully saturated rings. The molecule has 3 heterocycles. The van der Waals surface area contributed by atoms with Gasteiger partial charge < -0.3 is 14.4 Å². The van der Waals surface area contributed by atoms with Crippen molar-refractivity contribution in [2.75, 3.05) is 32.9 Å². The number of carbonyl (C=O) groups is 1. The molecule has 0 aromatic carbocycles. The molecule has 0 radical (unpaired) electrons. The molecule has 0 unspecified atom stereocenters. The fraction of sp³-hybridized carbons (Fsp3) is 0.688. The topological polar surface area (TPSA) is 38.8 Å². The van der Waals surface area contributed by atoms with Gasteiger partial charge in [-0.05, 0) is 37.6 Å². The maximum absolute atomic E-state index is 12.6. The molecular weight excluding hydrogens is 286 g/mol. The van der Waals surface area contributed by atoms with Gasteiger partial charge in [0.1, 0.15) is 0 Å². The van der Waals surface area contributed by atoms with E-state index in [1.807, 2.05) is 29.3 Å². The minimum absolute atomic E-state index is 0.0145. The first kappa shape index (κ1) is 15.0. The van der Waals surface area contributed by atoms with Crippen LogP contribution in [0.5, 0.6) is 0 Å². The summed E-state index contributed by atoms with van der Waals surface area (Å²) < 4.78 is 11.7. The van der Waals surface area contributed by atoms with Crippen molar-refractivity contribution >= 4 is 17.2 Å². The SMILES string of the molecule is CCOC[C@]12CCCO[C@H]1CCN(C(=O)c1cccs1)C2. The number of fused-ring (bicyclic) bond motifs is 1. The van der Waals surface area contributed by atoms with Gasteiger partial charge in [0.25, 0.3) is 5.91 Å². The molecule has 1 amide bonds. The second kappa shape index (κ2) is 6.46. The highest BCUT2D eigenvalue weighted by Crippen LogP contribution is 2.40. The zero-order chi connectivity index (χ0) is 14.7. The van der Waals surface area contributed by atoms with E-state index in [-0.39, 0.29) is 17.4 Å². The van der Waals surface area contributed by atoms with E-state index in [2.05, 4.69) is 0 Å². The minimum Gasteiger partial charge on any atom is -0.381 e. The van der Waals surface area contributed by atoms with E-state index in [0.29, 0.717) is 13.2 Å². The summed E-state index contributed by atoms with van der Waals surface area (Å²) in [6.07, 6.45) is 3.31. The molecule has 2 aliphatic heterocycles. The number of hydrogen-bond donors (Lipinski definition) is 0. The van der Waals surface area contributed by atoms with E-state index >= 15 is 0 Å². The van der Waals surface area contributed by atoms with Gasteiger partial charge >= 0.3 is 0 Å². The number of piperidine rings is 1. The number of thiophene rings is 1. The van der Waals surface area contributed by atoms with Crippen LogP contribution in [0.15, 0.2) is 17.5 Å². The smallest absolute Gasteiger partial charge is 0.263 e. The predicted octanol–water partition coefficient (Wildman–Crippen LogP) is 2.80. The highest BCUT2D eigenvalue weighted by atomic mass is 32.1. The first-order valence-corrected chi connectivity index (χ1v) is 8.65. The normalized spacial score (nSPS) is 29.2. The monoisotopic (exact) mass is 309 g/mol. The highest BCUT2D eigenvalue weighted by Gasteiger charge is 2.47. The van der Waals surface area contributed by atoms with Crippen molar-refractivity contribution in [3.63, 3.8) is 0 Å². The van der Waals surface area contributed by atoms with Crippen molar-refractivity contribution in [1.29, 1.82) is 0 Å². The molecule has 5 heteroatoms. The number of likely N-dealkylation sites (tertiary alicyclic amines) is 1. The van der Waals surface area contributed by atoms with E-state index in [1.165, 1.54) is 11.3 Å². The molecule has 116 valence electrons. The van der Waals surface area contributed by atoms with E-state index in [0.717, 1.165) is 43.8 Å². The molecule has 21 heavy (non-hydrogen) atoms. The molecule has 0 aliphatic carbocycles. The third-order valence-electron chi connectivity index (χ3n) is 4.60. The Morgan fingerprint density at radius 3 is 3.29 bits per heavy atom. The second-order valence-corrected chi connectivity index (χ2v) is 6.90. The van der Waals surface area contributed by atoms with E-state index in [9.17, 15) is 4.79 Å². The fourth-order valence-corrected chi connectivity index (χ4v) is 4.23. The second-order valence-electron chi connectivity index (χ2n) is 5.96. The lowest BCUT2D eigenvalue weighted by Crippen LogP contribution is -2.58. The molecule has 0 bridgehead atoms. The van der Waals surface area contributed by atoms with Gasteiger partial charge in [0, 0.05) is 31.7 Å². The Labute approximate surface area is 130 Å². The van der Waals surface area contributed by atoms with Crippen molar-refractivity contribution in [2.45, 2.75) is 32.3 Å². The maximum atomic E-state index is 12.6. The number of rotatable bonds is 4. The number of carbonyl (C=O) groups excluding carboxylic acids is 1. The lowest BCUT2D eigenvalue weighted by molar-refractivity contribution is -0.145. The van der Waals surface area contributed by atoms with Crippen molar-refractivity contribution in [2.24, 2.45) is 5.41 Å². The van der Waals surface area contributed by atoms with Crippen LogP contribution in [0.4, 0.5) is 0 Å². The van der Waals surface area contributed by atoms with Crippen LogP contribution >= 0.6 is 11.3 Å². The third-order valence-corrected chi connectivity index (χ3v) is 5.46. The van der Waals surface area contributed by atoms with Crippen LogP contribution in [0.1, 0.15) is 35.9 Å². The first-order valence-electron chi connectivity index (χ1n) is 7.77. The quantitative estimate of drug-likeness (QED) is 0.858. The first-order chi connectivity index (χ1) is 10.2. The Bertz CT molecular complexity index is 476. The van der Waals surface area contributed by atoms with Gasteiger partial charge in [-0.25, -0.2) is 0 Å². The summed E-state index contributed by atoms with van der Waals surface area (Å²) in [5, 5.41) is 1.96. The summed E-state index contributed by atoms with van der Waals surface area (Å²) >= 11 is 1.52. The molecular formula is C16H23NO3S. The Kier molecular flexibility index (Phi) is 4.62. The standard InChI is InChI=1S/C16H23NO3S/c1-2-19-12-16-7-4-9-20-14(16)6-8-17(11-16)15(18)13-5-3-10-21-13/h3,5,10,14H,2,4,6-9,11-12H2,1H3/t14-,16+/m0/s1. The van der Waals surface area contributed by atoms with Crippen LogP contribution in [0.3, 0.4) is 0 Å². The van der Waals surface area contributed by atoms with Crippen LogP contribution in [-0.2, 0) is 9.47 Å². The van der Waals surface area contributed by atoms with Crippen LogP contribution in [-0.4, -0.2) is 49.8 Å². The van der Waals surface area contributed by atoms with Gasteiger partial charge in [-0.2, -0.15) is 0 Å². The van der Waals surface area contributed by atoms with Gasteiger partial charge in [-0.15, -0.1) is 11.3 Å². The molecule has 2 aliphatic rings. The number of amides is 1. The summed E-state index contributed by atoms with van der Waals surface area (Å²) in [5.41, 5.74) is -0.0145.